The molecule has 1 rings (SSSR count). The lowest BCUT2D eigenvalue weighted by atomic mass is 10.3. The van der Waals surface area contributed by atoms with Crippen LogP contribution in [0.25, 0.3) is 0 Å². The third-order valence-corrected chi connectivity index (χ3v) is 4.88. The molecule has 3 N–H and O–H groups in total. The Morgan fingerprint density at radius 3 is 2.57 bits per heavy atom. The van der Waals surface area contributed by atoms with Crippen LogP contribution in [0.4, 0.5) is 5.69 Å². The smallest absolute Gasteiger partial charge is 0.244 e. The molecule has 0 aliphatic carbocycles. The first-order valence-corrected chi connectivity index (χ1v) is 8.62. The van der Waals surface area contributed by atoms with Crippen LogP contribution < -0.4 is 19.9 Å². The van der Waals surface area contributed by atoms with Crippen LogP contribution in [0.1, 0.15) is 0 Å². The fraction of sp³-hybridized carbons (Fsp3) is 0.385. The van der Waals surface area contributed by atoms with E-state index in [0.717, 1.165) is 0 Å². The summed E-state index contributed by atoms with van der Waals surface area (Å²) in [6.07, 6.45) is 5.12. The Hall–Kier alpha value is -1.56. The molecular weight excluding hydrogens is 312 g/mol. The largest absolute Gasteiger partial charge is 0.495 e. The number of hydrogen-bond donors (Lipinski definition) is 2. The van der Waals surface area contributed by atoms with E-state index in [1.807, 2.05) is 0 Å². The van der Waals surface area contributed by atoms with Crippen LogP contribution in [-0.4, -0.2) is 40.7 Å². The van der Waals surface area contributed by atoms with Crippen molar-refractivity contribution < 1.29 is 17.9 Å². The fourth-order valence-corrected chi connectivity index (χ4v) is 3.41. The third-order valence-electron chi connectivity index (χ3n) is 2.53. The number of rotatable bonds is 8. The van der Waals surface area contributed by atoms with Gasteiger partial charge in [-0.3, -0.25) is 0 Å². The first-order valence-electron chi connectivity index (χ1n) is 5.98. The number of anilines is 1. The number of benzene rings is 1. The summed E-state index contributed by atoms with van der Waals surface area (Å²) in [4.78, 5) is -0.0229. The van der Waals surface area contributed by atoms with Gasteiger partial charge in [0.05, 0.1) is 25.7 Å². The van der Waals surface area contributed by atoms with Crippen LogP contribution in [-0.2, 0) is 10.0 Å². The number of ether oxygens (including phenoxy) is 2. The molecule has 0 aromatic heterocycles. The highest BCUT2D eigenvalue weighted by atomic mass is 32.2. The number of terminal acetylenes is 1. The van der Waals surface area contributed by atoms with Gasteiger partial charge in [0, 0.05) is 18.4 Å². The molecule has 0 unspecified atom stereocenters. The third kappa shape index (κ3) is 4.74. The summed E-state index contributed by atoms with van der Waals surface area (Å²) in [7, 11) is -0.887. The van der Waals surface area contributed by atoms with E-state index in [4.69, 9.17) is 21.6 Å². The normalized spacial score (nSPS) is 10.9. The van der Waals surface area contributed by atoms with Gasteiger partial charge in [-0.25, -0.2) is 13.1 Å². The molecule has 0 aliphatic rings. The van der Waals surface area contributed by atoms with E-state index in [1.165, 1.54) is 38.1 Å². The van der Waals surface area contributed by atoms with E-state index in [9.17, 15) is 8.42 Å². The highest BCUT2D eigenvalue weighted by Gasteiger charge is 2.21. The summed E-state index contributed by atoms with van der Waals surface area (Å²) in [5, 5.41) is 0. The van der Waals surface area contributed by atoms with Gasteiger partial charge in [0.2, 0.25) is 10.0 Å². The Bertz CT molecular complexity index is 624. The maximum absolute atomic E-state index is 12.3. The minimum absolute atomic E-state index is 0.0229. The Balaban J connectivity index is 2.92. The molecule has 0 fully saturated rings. The molecule has 0 heterocycles. The maximum Gasteiger partial charge on any atom is 0.244 e. The van der Waals surface area contributed by atoms with E-state index in [2.05, 4.69) is 10.6 Å². The number of hydrogen-bond acceptors (Lipinski definition) is 6. The van der Waals surface area contributed by atoms with Crippen molar-refractivity contribution in [3.8, 4) is 23.8 Å². The summed E-state index contributed by atoms with van der Waals surface area (Å²) in [6.45, 7) is 0.268. The highest BCUT2D eigenvalue weighted by Crippen LogP contribution is 2.33. The maximum atomic E-state index is 12.3. The molecule has 0 atom stereocenters. The summed E-state index contributed by atoms with van der Waals surface area (Å²) in [5.74, 6) is 4.12. The van der Waals surface area contributed by atoms with Crippen LogP contribution in [0.15, 0.2) is 17.0 Å². The molecule has 8 heteroatoms. The van der Waals surface area contributed by atoms with E-state index in [0.29, 0.717) is 17.3 Å². The van der Waals surface area contributed by atoms with Gasteiger partial charge in [-0.15, -0.1) is 18.2 Å². The summed E-state index contributed by atoms with van der Waals surface area (Å²) in [6, 6.07) is 2.76. The van der Waals surface area contributed by atoms with E-state index < -0.39 is 10.0 Å². The van der Waals surface area contributed by atoms with E-state index in [1.54, 1.807) is 0 Å². The molecule has 0 bridgehead atoms. The van der Waals surface area contributed by atoms with Crippen molar-refractivity contribution in [1.82, 2.24) is 4.72 Å². The average Bonchev–Trinajstić information content (AvgIpc) is 2.46. The highest BCUT2D eigenvalue weighted by molar-refractivity contribution is 7.99. The quantitative estimate of drug-likeness (QED) is 0.419. The first-order chi connectivity index (χ1) is 9.96. The SMILES string of the molecule is C#CCSCCNS(=O)(=O)c1cc(N)c(OC)cc1OC. The van der Waals surface area contributed by atoms with Crippen molar-refractivity contribution in [1.29, 1.82) is 0 Å². The van der Waals surface area contributed by atoms with Crippen LogP contribution in [0, 0.1) is 12.3 Å². The fourth-order valence-electron chi connectivity index (χ4n) is 1.56. The van der Waals surface area contributed by atoms with Crippen LogP contribution in [0.5, 0.6) is 11.5 Å². The van der Waals surface area contributed by atoms with E-state index >= 15 is 0 Å². The predicted molar refractivity (Wildman–Crippen MR) is 85.3 cm³/mol. The van der Waals surface area contributed by atoms with Gasteiger partial charge in [-0.05, 0) is 6.07 Å². The van der Waals surface area contributed by atoms with Crippen LogP contribution in [0.3, 0.4) is 0 Å². The van der Waals surface area contributed by atoms with Gasteiger partial charge >= 0.3 is 0 Å². The number of nitrogen functional groups attached to an aromatic ring is 1. The van der Waals surface area contributed by atoms with Crippen LogP contribution in [0.2, 0.25) is 0 Å². The van der Waals surface area contributed by atoms with Crippen molar-refractivity contribution in [2.75, 3.05) is 38.0 Å². The standard InChI is InChI=1S/C13H18N2O4S2/c1-4-6-20-7-5-15-21(16,17)13-8-10(14)11(18-2)9-12(13)19-3/h1,8-9,15H,5-7,14H2,2-3H3. The summed E-state index contributed by atoms with van der Waals surface area (Å²) >= 11 is 1.47. The molecule has 1 aromatic carbocycles. The molecule has 0 amide bonds. The van der Waals surface area contributed by atoms with Crippen molar-refractivity contribution in [3.63, 3.8) is 0 Å². The van der Waals surface area contributed by atoms with Crippen molar-refractivity contribution in [2.24, 2.45) is 0 Å². The first kappa shape index (κ1) is 17.5. The number of nitrogens with one attached hydrogen (secondary N) is 1. The van der Waals surface area contributed by atoms with Gasteiger partial charge in [-0.2, -0.15) is 0 Å². The summed E-state index contributed by atoms with van der Waals surface area (Å²) < 4.78 is 37.1. The molecule has 0 aliphatic heterocycles. The molecule has 0 saturated carbocycles. The zero-order valence-electron chi connectivity index (χ0n) is 11.9. The van der Waals surface area contributed by atoms with Gasteiger partial charge in [0.1, 0.15) is 16.4 Å². The minimum Gasteiger partial charge on any atom is -0.495 e. The van der Waals surface area contributed by atoms with E-state index in [-0.39, 0.29) is 22.9 Å². The van der Waals surface area contributed by atoms with Crippen LogP contribution >= 0.6 is 11.8 Å². The van der Waals surface area contributed by atoms with Gasteiger partial charge in [0.15, 0.2) is 0 Å². The zero-order valence-corrected chi connectivity index (χ0v) is 13.5. The number of nitrogens with two attached hydrogens (primary N) is 1. The van der Waals surface area contributed by atoms with Gasteiger partial charge < -0.3 is 15.2 Å². The molecule has 21 heavy (non-hydrogen) atoms. The topological polar surface area (TPSA) is 90.7 Å². The predicted octanol–water partition coefficient (Wildman–Crippen LogP) is 0.931. The van der Waals surface area contributed by atoms with Crippen molar-refractivity contribution in [2.45, 2.75) is 4.90 Å². The Kier molecular flexibility index (Phi) is 6.68. The lowest BCUT2D eigenvalue weighted by Crippen LogP contribution is -2.26. The van der Waals surface area contributed by atoms with Gasteiger partial charge in [-0.1, -0.05) is 5.92 Å². The Labute approximate surface area is 129 Å². The van der Waals surface area contributed by atoms with Crippen molar-refractivity contribution in [3.05, 3.63) is 12.1 Å². The minimum atomic E-state index is -3.71. The molecule has 116 valence electrons. The number of thioether (sulfide) groups is 1. The molecule has 1 aromatic rings. The summed E-state index contributed by atoms with van der Waals surface area (Å²) in [5.41, 5.74) is 5.97. The zero-order chi connectivity index (χ0) is 15.9. The lowest BCUT2D eigenvalue weighted by molar-refractivity contribution is 0.387. The molecule has 0 radical (unpaired) electrons. The molecule has 6 nitrogen and oxygen atoms in total. The molecular formula is C13H18N2O4S2. The Morgan fingerprint density at radius 1 is 1.33 bits per heavy atom. The second-order valence-corrected chi connectivity index (χ2v) is 6.74. The van der Waals surface area contributed by atoms with Gasteiger partial charge in [0.25, 0.3) is 0 Å². The van der Waals surface area contributed by atoms with Crippen molar-refractivity contribution >= 4 is 27.5 Å². The lowest BCUT2D eigenvalue weighted by Gasteiger charge is -2.13. The molecule has 0 saturated heterocycles. The Morgan fingerprint density at radius 2 is 2.00 bits per heavy atom. The second kappa shape index (κ2) is 8.02. The number of methoxy groups -OCH3 is 2. The second-order valence-electron chi connectivity index (χ2n) is 3.90. The monoisotopic (exact) mass is 330 g/mol. The number of sulfonamides is 1. The average molecular weight is 330 g/mol. The molecule has 0 spiro atoms.